The maximum atomic E-state index is 14.8. The average Bonchev–Trinajstić information content (AvgIpc) is 3.49. The van der Waals surface area contributed by atoms with Gasteiger partial charge < -0.3 is 10.1 Å². The molecule has 1 aliphatic rings. The summed E-state index contributed by atoms with van der Waals surface area (Å²) >= 11 is 0. The molecule has 33 heavy (non-hydrogen) atoms. The van der Waals surface area contributed by atoms with Gasteiger partial charge in [-0.1, -0.05) is 24.6 Å². The van der Waals surface area contributed by atoms with E-state index >= 15 is 0 Å². The van der Waals surface area contributed by atoms with Crippen LogP contribution in [0.15, 0.2) is 61.1 Å². The molecule has 2 unspecified atom stereocenters. The van der Waals surface area contributed by atoms with Crippen molar-refractivity contribution in [1.82, 2.24) is 24.6 Å². The number of aliphatic hydroxyl groups is 1. The third-order valence-corrected chi connectivity index (χ3v) is 6.20. The number of nitrogens with one attached hydrogen (secondary N) is 1. The van der Waals surface area contributed by atoms with Gasteiger partial charge in [-0.2, -0.15) is 5.10 Å². The van der Waals surface area contributed by atoms with Gasteiger partial charge in [0.15, 0.2) is 0 Å². The lowest BCUT2D eigenvalue weighted by Crippen LogP contribution is -2.37. The zero-order valence-electron chi connectivity index (χ0n) is 18.2. The quantitative estimate of drug-likeness (QED) is 0.451. The highest BCUT2D eigenvalue weighted by atomic mass is 19.1. The van der Waals surface area contributed by atoms with E-state index in [0.29, 0.717) is 23.6 Å². The van der Waals surface area contributed by atoms with Gasteiger partial charge in [-0.15, -0.1) is 0 Å². The highest BCUT2D eigenvalue weighted by Crippen LogP contribution is 2.37. The molecule has 2 aromatic heterocycles. The molecule has 0 radical (unpaired) electrons. The summed E-state index contributed by atoms with van der Waals surface area (Å²) in [7, 11) is 1.82. The van der Waals surface area contributed by atoms with Crippen molar-refractivity contribution in [3.05, 3.63) is 84.1 Å². The second-order valence-electron chi connectivity index (χ2n) is 8.44. The van der Waals surface area contributed by atoms with Crippen LogP contribution in [0.3, 0.4) is 0 Å². The van der Waals surface area contributed by atoms with Crippen LogP contribution in [0.5, 0.6) is 0 Å². The van der Waals surface area contributed by atoms with Crippen molar-refractivity contribution >= 4 is 0 Å². The van der Waals surface area contributed by atoms with Crippen molar-refractivity contribution in [3.8, 4) is 22.4 Å². The largest absolute Gasteiger partial charge is 0.374 e. The Bertz CT molecular complexity index is 1270. The van der Waals surface area contributed by atoms with Gasteiger partial charge in [-0.05, 0) is 42.7 Å². The van der Waals surface area contributed by atoms with Crippen LogP contribution in [0.4, 0.5) is 8.78 Å². The highest BCUT2D eigenvalue weighted by Gasteiger charge is 2.33. The fourth-order valence-electron chi connectivity index (χ4n) is 4.51. The van der Waals surface area contributed by atoms with Gasteiger partial charge in [0.2, 0.25) is 0 Å². The smallest absolute Gasteiger partial charge is 0.137 e. The Labute approximate surface area is 190 Å². The molecule has 6 nitrogen and oxygen atoms in total. The van der Waals surface area contributed by atoms with Gasteiger partial charge in [-0.3, -0.25) is 9.58 Å². The summed E-state index contributed by atoms with van der Waals surface area (Å²) in [5, 5.41) is 15.4. The maximum Gasteiger partial charge on any atom is 0.137 e. The van der Waals surface area contributed by atoms with Crippen molar-refractivity contribution in [2.75, 3.05) is 6.54 Å². The zero-order valence-corrected chi connectivity index (χ0v) is 18.2. The molecule has 8 heteroatoms. The Balaban J connectivity index is 1.45. The van der Waals surface area contributed by atoms with Crippen LogP contribution in [-0.4, -0.2) is 36.3 Å². The molecule has 4 aromatic rings. The zero-order chi connectivity index (χ0) is 22.9. The standard InChI is InChI=1S/C25H25F2N5O/c1-31-15-18(13-29-31)16-8-9-21(27)20(12-16)25(33)32-10-3-2-7-23(32)24-28-14-22(30-24)17-5-4-6-19(26)11-17/h4-6,8-9,11-15,23,25,33H,2-3,7,10H2,1H3,(H,28,30). The monoisotopic (exact) mass is 449 g/mol. The van der Waals surface area contributed by atoms with Crippen molar-refractivity contribution < 1.29 is 13.9 Å². The molecule has 2 aromatic carbocycles. The number of H-pyrrole nitrogens is 1. The highest BCUT2D eigenvalue weighted by molar-refractivity contribution is 5.63. The first-order chi connectivity index (χ1) is 16.0. The Morgan fingerprint density at radius 3 is 2.76 bits per heavy atom. The van der Waals surface area contributed by atoms with Crippen molar-refractivity contribution in [2.24, 2.45) is 7.05 Å². The van der Waals surface area contributed by atoms with E-state index in [9.17, 15) is 13.9 Å². The van der Waals surface area contributed by atoms with E-state index in [1.807, 2.05) is 18.1 Å². The number of aromatic nitrogens is 4. The van der Waals surface area contributed by atoms with Crippen molar-refractivity contribution in [1.29, 1.82) is 0 Å². The molecule has 1 fully saturated rings. The molecule has 0 spiro atoms. The van der Waals surface area contributed by atoms with E-state index < -0.39 is 12.0 Å². The van der Waals surface area contributed by atoms with Crippen LogP contribution < -0.4 is 0 Å². The molecule has 2 N–H and O–H groups in total. The number of likely N-dealkylation sites (tertiary alicyclic amines) is 1. The minimum Gasteiger partial charge on any atom is -0.374 e. The summed E-state index contributed by atoms with van der Waals surface area (Å²) in [6.07, 6.45) is 6.82. The minimum atomic E-state index is -1.13. The minimum absolute atomic E-state index is 0.211. The lowest BCUT2D eigenvalue weighted by molar-refractivity contribution is -0.0484. The van der Waals surface area contributed by atoms with Crippen molar-refractivity contribution in [2.45, 2.75) is 31.5 Å². The molecule has 5 rings (SSSR count). The average molecular weight is 450 g/mol. The van der Waals surface area contributed by atoms with Gasteiger partial charge in [-0.25, -0.2) is 13.8 Å². The second-order valence-corrected chi connectivity index (χ2v) is 8.44. The summed E-state index contributed by atoms with van der Waals surface area (Å²) in [5.41, 5.74) is 3.18. The molecule has 0 aliphatic carbocycles. The van der Waals surface area contributed by atoms with E-state index in [4.69, 9.17) is 0 Å². The number of nitrogens with zero attached hydrogens (tertiary/aromatic N) is 4. The molecule has 0 bridgehead atoms. The summed E-state index contributed by atoms with van der Waals surface area (Å²) in [4.78, 5) is 9.75. The molecule has 170 valence electrons. The molecule has 3 heterocycles. The first-order valence-corrected chi connectivity index (χ1v) is 11.0. The molecule has 0 saturated carbocycles. The lowest BCUT2D eigenvalue weighted by atomic mass is 9.98. The first kappa shape index (κ1) is 21.5. The van der Waals surface area contributed by atoms with Gasteiger partial charge in [0.05, 0.1) is 17.9 Å². The molecule has 1 saturated heterocycles. The molecule has 0 amide bonds. The summed E-state index contributed by atoms with van der Waals surface area (Å²) in [5.74, 6) is -0.105. The summed E-state index contributed by atoms with van der Waals surface area (Å²) in [6, 6.07) is 10.8. The number of aromatic amines is 1. The Morgan fingerprint density at radius 1 is 1.09 bits per heavy atom. The number of hydrogen-bond donors (Lipinski definition) is 2. The van der Waals surface area contributed by atoms with Crippen LogP contribution >= 0.6 is 0 Å². The molecular formula is C25H25F2N5O. The Morgan fingerprint density at radius 2 is 1.97 bits per heavy atom. The van der Waals surface area contributed by atoms with Gasteiger partial charge in [0.1, 0.15) is 23.7 Å². The number of imidazole rings is 1. The maximum absolute atomic E-state index is 14.8. The molecule has 1 aliphatic heterocycles. The first-order valence-electron chi connectivity index (χ1n) is 11.0. The van der Waals surface area contributed by atoms with Gasteiger partial charge >= 0.3 is 0 Å². The van der Waals surface area contributed by atoms with Crippen LogP contribution in [0.2, 0.25) is 0 Å². The van der Waals surface area contributed by atoms with E-state index in [1.165, 1.54) is 18.2 Å². The number of aryl methyl sites for hydroxylation is 1. The second kappa shape index (κ2) is 8.88. The normalized spacial score (nSPS) is 17.9. The van der Waals surface area contributed by atoms with Crippen LogP contribution in [0.25, 0.3) is 22.4 Å². The molecular weight excluding hydrogens is 424 g/mol. The number of piperidine rings is 1. The fourth-order valence-corrected chi connectivity index (χ4v) is 4.51. The van der Waals surface area contributed by atoms with E-state index in [2.05, 4.69) is 15.1 Å². The number of benzene rings is 2. The van der Waals surface area contributed by atoms with Crippen LogP contribution in [-0.2, 0) is 7.05 Å². The van der Waals surface area contributed by atoms with Crippen LogP contribution in [0.1, 0.15) is 42.9 Å². The van der Waals surface area contributed by atoms with Gasteiger partial charge in [0, 0.05) is 42.7 Å². The SMILES string of the molecule is Cn1cc(-c2ccc(F)c(C(O)N3CCCCC3c3nc(-c4cccc(F)c4)c[nH]3)c2)cn1. The Kier molecular flexibility index (Phi) is 5.78. The third-order valence-electron chi connectivity index (χ3n) is 6.20. The third kappa shape index (κ3) is 4.31. The fraction of sp³-hybridized carbons (Fsp3) is 0.280. The molecule has 2 atom stereocenters. The van der Waals surface area contributed by atoms with E-state index in [1.54, 1.807) is 41.3 Å². The Hall–Kier alpha value is -3.36. The lowest BCUT2D eigenvalue weighted by Gasteiger charge is -2.38. The topological polar surface area (TPSA) is 70.0 Å². The number of rotatable bonds is 5. The van der Waals surface area contributed by atoms with E-state index in [-0.39, 0.29) is 17.4 Å². The number of hydrogen-bond acceptors (Lipinski definition) is 4. The van der Waals surface area contributed by atoms with E-state index in [0.717, 1.165) is 30.4 Å². The van der Waals surface area contributed by atoms with Crippen molar-refractivity contribution in [3.63, 3.8) is 0 Å². The number of aliphatic hydroxyl groups excluding tert-OH is 1. The number of halogens is 2. The van der Waals surface area contributed by atoms with Gasteiger partial charge in [0.25, 0.3) is 0 Å². The summed E-state index contributed by atoms with van der Waals surface area (Å²) in [6.45, 7) is 0.610. The van der Waals surface area contributed by atoms with Crippen LogP contribution in [0, 0.1) is 11.6 Å². The predicted octanol–water partition coefficient (Wildman–Crippen LogP) is 4.97. The summed E-state index contributed by atoms with van der Waals surface area (Å²) < 4.78 is 30.1. The predicted molar refractivity (Wildman–Crippen MR) is 121 cm³/mol.